The van der Waals surface area contributed by atoms with E-state index in [1.807, 2.05) is 24.0 Å². The lowest BCUT2D eigenvalue weighted by Crippen LogP contribution is -2.50. The maximum atomic E-state index is 13.7. The van der Waals surface area contributed by atoms with E-state index >= 15 is 0 Å². The summed E-state index contributed by atoms with van der Waals surface area (Å²) in [6.07, 6.45) is 4.81. The average Bonchev–Trinajstić information content (AvgIpc) is 3.84. The number of piperidine rings is 1. The number of aryl methyl sites for hydroxylation is 1. The second-order valence-corrected chi connectivity index (χ2v) is 11.6. The maximum Gasteiger partial charge on any atom is 0.339 e. The van der Waals surface area contributed by atoms with Gasteiger partial charge in [-0.1, -0.05) is 18.2 Å². The van der Waals surface area contributed by atoms with E-state index < -0.39 is 5.97 Å². The van der Waals surface area contributed by atoms with Gasteiger partial charge in [0, 0.05) is 44.2 Å². The predicted molar refractivity (Wildman–Crippen MR) is 158 cm³/mol. The molecule has 1 saturated carbocycles. The first-order valence-corrected chi connectivity index (χ1v) is 15.0. The lowest BCUT2D eigenvalue weighted by atomic mass is 9.92. The minimum atomic E-state index is -0.468. The highest BCUT2D eigenvalue weighted by molar-refractivity contribution is 6.00. The van der Waals surface area contributed by atoms with Gasteiger partial charge in [-0.05, 0) is 86.4 Å². The summed E-state index contributed by atoms with van der Waals surface area (Å²) in [5.41, 5.74) is 6.83. The molecule has 3 aromatic rings. The van der Waals surface area contributed by atoms with Gasteiger partial charge in [-0.3, -0.25) is 14.7 Å². The molecule has 220 valence electrons. The van der Waals surface area contributed by atoms with Crippen LogP contribution in [0.2, 0.25) is 0 Å². The number of ether oxygens (including phenoxy) is 2. The molecule has 2 aliphatic heterocycles. The van der Waals surface area contributed by atoms with Crippen molar-refractivity contribution >= 4 is 11.9 Å². The Morgan fingerprint density at radius 3 is 2.45 bits per heavy atom. The van der Waals surface area contributed by atoms with E-state index in [2.05, 4.69) is 22.0 Å². The van der Waals surface area contributed by atoms with Gasteiger partial charge in [0.1, 0.15) is 11.6 Å². The Labute approximate surface area is 246 Å². The second-order valence-electron chi connectivity index (χ2n) is 11.6. The van der Waals surface area contributed by atoms with Crippen LogP contribution in [0.4, 0.5) is 4.39 Å². The highest BCUT2D eigenvalue weighted by Crippen LogP contribution is 2.48. The molecule has 42 heavy (non-hydrogen) atoms. The normalized spacial score (nSPS) is 17.7. The van der Waals surface area contributed by atoms with Crippen LogP contribution in [-0.4, -0.2) is 66.1 Å². The van der Waals surface area contributed by atoms with E-state index in [0.29, 0.717) is 42.3 Å². The molecule has 1 aliphatic carbocycles. The third kappa shape index (κ3) is 5.64. The van der Waals surface area contributed by atoms with Crippen LogP contribution >= 0.6 is 0 Å². The Hall–Kier alpha value is -3.78. The number of pyridine rings is 1. The number of amides is 1. The van der Waals surface area contributed by atoms with Gasteiger partial charge >= 0.3 is 5.97 Å². The van der Waals surface area contributed by atoms with Crippen molar-refractivity contribution in [2.75, 3.05) is 33.4 Å². The van der Waals surface area contributed by atoms with Crippen LogP contribution in [0.15, 0.2) is 42.5 Å². The third-order valence-electron chi connectivity index (χ3n) is 8.82. The molecular formula is C34H38FN3O4. The lowest BCUT2D eigenvalue weighted by Gasteiger charge is -2.40. The number of fused-ring (bicyclic) bond motifs is 1. The Morgan fingerprint density at radius 2 is 1.79 bits per heavy atom. The molecule has 1 aromatic heterocycles. The molecule has 0 atom stereocenters. The molecular weight excluding hydrogens is 533 g/mol. The number of likely N-dealkylation sites (tertiary alicyclic amines) is 1. The molecule has 8 heteroatoms. The van der Waals surface area contributed by atoms with Crippen molar-refractivity contribution < 1.29 is 23.5 Å². The predicted octanol–water partition coefficient (Wildman–Crippen LogP) is 5.92. The van der Waals surface area contributed by atoms with Crippen molar-refractivity contribution in [2.45, 2.75) is 64.5 Å². The molecule has 2 fully saturated rings. The molecule has 0 spiro atoms. The molecule has 7 nitrogen and oxygen atoms in total. The van der Waals surface area contributed by atoms with Crippen molar-refractivity contribution in [1.29, 1.82) is 0 Å². The Bertz CT molecular complexity index is 1490. The first kappa shape index (κ1) is 28.3. The highest BCUT2D eigenvalue weighted by atomic mass is 19.1. The summed E-state index contributed by atoms with van der Waals surface area (Å²) in [6.45, 7) is 7.59. The van der Waals surface area contributed by atoms with Crippen LogP contribution < -0.4 is 4.74 Å². The van der Waals surface area contributed by atoms with E-state index in [1.54, 1.807) is 13.0 Å². The van der Waals surface area contributed by atoms with E-state index in [1.165, 1.54) is 30.4 Å². The molecule has 0 radical (unpaired) electrons. The summed E-state index contributed by atoms with van der Waals surface area (Å²) in [5.74, 6) is 0.633. The third-order valence-corrected chi connectivity index (χ3v) is 8.82. The van der Waals surface area contributed by atoms with Gasteiger partial charge in [0.05, 0.1) is 36.2 Å². The zero-order valence-corrected chi connectivity index (χ0v) is 24.6. The fraction of sp³-hybridized carbons (Fsp3) is 0.441. The van der Waals surface area contributed by atoms with Crippen molar-refractivity contribution in [3.05, 3.63) is 81.9 Å². The number of hydrogen-bond donors (Lipinski definition) is 0. The van der Waals surface area contributed by atoms with E-state index in [-0.39, 0.29) is 17.8 Å². The van der Waals surface area contributed by atoms with Gasteiger partial charge < -0.3 is 14.4 Å². The molecule has 1 saturated heterocycles. The van der Waals surface area contributed by atoms with E-state index in [0.717, 1.165) is 67.9 Å². The van der Waals surface area contributed by atoms with Gasteiger partial charge in [0.25, 0.3) is 5.91 Å². The number of benzene rings is 2. The quantitative estimate of drug-likeness (QED) is 0.313. The van der Waals surface area contributed by atoms with Crippen LogP contribution in [0.5, 0.6) is 5.75 Å². The topological polar surface area (TPSA) is 72.0 Å². The van der Waals surface area contributed by atoms with Crippen LogP contribution in [0, 0.1) is 12.7 Å². The van der Waals surface area contributed by atoms with Gasteiger partial charge in [-0.2, -0.15) is 0 Å². The summed E-state index contributed by atoms with van der Waals surface area (Å²) in [6, 6.07) is 13.0. The minimum absolute atomic E-state index is 0.0424. The molecule has 2 aromatic carbocycles. The lowest BCUT2D eigenvalue weighted by molar-refractivity contribution is 0.0543. The summed E-state index contributed by atoms with van der Waals surface area (Å²) >= 11 is 0. The number of carbonyl (C=O) groups is 2. The summed E-state index contributed by atoms with van der Waals surface area (Å²) in [4.78, 5) is 34.7. The summed E-state index contributed by atoms with van der Waals surface area (Å²) < 4.78 is 24.7. The summed E-state index contributed by atoms with van der Waals surface area (Å²) in [5, 5.41) is 0. The molecule has 3 heterocycles. The number of carbonyl (C=O) groups excluding carboxylic acids is 2. The van der Waals surface area contributed by atoms with E-state index in [4.69, 9.17) is 9.47 Å². The maximum absolute atomic E-state index is 13.7. The standard InChI is InChI=1S/C34H38FN3O4/c1-4-42-31-18-22(17-28(23-5-6-23)32(31)24-7-9-25(35)10-8-24)20-37-14-11-26(12-15-37)38-16-13-30-29(33(38)39)19-27(21(2)36-30)34(40)41-3/h7-10,17-19,23,26H,4-6,11-16,20H2,1-3H3. The fourth-order valence-corrected chi connectivity index (χ4v) is 6.52. The van der Waals surface area contributed by atoms with Gasteiger partial charge in [-0.15, -0.1) is 0 Å². The number of methoxy groups -OCH3 is 1. The zero-order chi connectivity index (χ0) is 29.4. The van der Waals surface area contributed by atoms with Gasteiger partial charge in [-0.25, -0.2) is 9.18 Å². The number of aromatic nitrogens is 1. The zero-order valence-electron chi connectivity index (χ0n) is 24.6. The SMILES string of the molecule is CCOc1cc(CN2CCC(N3CCc4nc(C)c(C(=O)OC)cc4C3=O)CC2)cc(C2CC2)c1-c1ccc(F)cc1. The van der Waals surface area contributed by atoms with Crippen molar-refractivity contribution in [2.24, 2.45) is 0 Å². The number of hydrogen-bond acceptors (Lipinski definition) is 6. The van der Waals surface area contributed by atoms with Crippen LogP contribution in [0.3, 0.4) is 0 Å². The minimum Gasteiger partial charge on any atom is -0.493 e. The highest BCUT2D eigenvalue weighted by Gasteiger charge is 2.34. The first-order chi connectivity index (χ1) is 20.4. The second kappa shape index (κ2) is 11.8. The van der Waals surface area contributed by atoms with Gasteiger partial charge in [0.2, 0.25) is 0 Å². The largest absolute Gasteiger partial charge is 0.493 e. The Balaban J connectivity index is 1.16. The monoisotopic (exact) mass is 571 g/mol. The van der Waals surface area contributed by atoms with E-state index in [9.17, 15) is 14.0 Å². The molecule has 6 rings (SSSR count). The van der Waals surface area contributed by atoms with Crippen LogP contribution in [-0.2, 0) is 17.7 Å². The van der Waals surface area contributed by atoms with Crippen molar-refractivity contribution in [3.8, 4) is 16.9 Å². The number of rotatable bonds is 8. The average molecular weight is 572 g/mol. The van der Waals surface area contributed by atoms with Crippen molar-refractivity contribution in [1.82, 2.24) is 14.8 Å². The van der Waals surface area contributed by atoms with Gasteiger partial charge in [0.15, 0.2) is 0 Å². The Kier molecular flexibility index (Phi) is 7.99. The molecule has 0 bridgehead atoms. The smallest absolute Gasteiger partial charge is 0.339 e. The van der Waals surface area contributed by atoms with Crippen LogP contribution in [0.25, 0.3) is 11.1 Å². The van der Waals surface area contributed by atoms with Crippen LogP contribution in [0.1, 0.15) is 81.8 Å². The molecule has 1 amide bonds. The fourth-order valence-electron chi connectivity index (χ4n) is 6.52. The number of halogens is 1. The van der Waals surface area contributed by atoms with Crippen molar-refractivity contribution in [3.63, 3.8) is 0 Å². The Morgan fingerprint density at radius 1 is 1.05 bits per heavy atom. The molecule has 0 N–H and O–H groups in total. The number of nitrogens with zero attached hydrogens (tertiary/aromatic N) is 3. The first-order valence-electron chi connectivity index (χ1n) is 15.0. The molecule has 0 unspecified atom stereocenters. The number of esters is 1. The molecule has 3 aliphatic rings. The summed E-state index contributed by atoms with van der Waals surface area (Å²) in [7, 11) is 1.34.